The Balaban J connectivity index is 1.47. The van der Waals surface area contributed by atoms with Crippen molar-refractivity contribution in [2.75, 3.05) is 58.4 Å². The molecule has 2 aliphatic heterocycles. The summed E-state index contributed by atoms with van der Waals surface area (Å²) in [6.07, 6.45) is 2.41. The van der Waals surface area contributed by atoms with E-state index in [1.54, 1.807) is 0 Å². The molecule has 0 bridgehead atoms. The van der Waals surface area contributed by atoms with Crippen molar-refractivity contribution in [3.63, 3.8) is 0 Å². The van der Waals surface area contributed by atoms with Gasteiger partial charge in [-0.1, -0.05) is 18.2 Å². The Morgan fingerprint density at radius 3 is 2.87 bits per heavy atom. The third-order valence-corrected chi connectivity index (χ3v) is 5.06. The van der Waals surface area contributed by atoms with Gasteiger partial charge in [0.15, 0.2) is 5.96 Å². The van der Waals surface area contributed by atoms with Crippen LogP contribution < -0.4 is 10.2 Å². The van der Waals surface area contributed by atoms with E-state index >= 15 is 0 Å². The Morgan fingerprint density at radius 2 is 2.17 bits per heavy atom. The van der Waals surface area contributed by atoms with Crippen molar-refractivity contribution in [1.29, 1.82) is 0 Å². The zero-order chi connectivity index (χ0) is 16.1. The molecule has 2 saturated heterocycles. The highest BCUT2D eigenvalue weighted by Crippen LogP contribution is 2.38. The molecule has 0 amide bonds. The Bertz CT molecular complexity index is 525. The molecule has 0 saturated carbocycles. The van der Waals surface area contributed by atoms with Crippen molar-refractivity contribution < 1.29 is 4.74 Å². The second kappa shape index (κ2) is 7.21. The molecule has 1 aromatic rings. The lowest BCUT2D eigenvalue weighted by Gasteiger charge is -2.26. The zero-order valence-corrected chi connectivity index (χ0v) is 14.3. The summed E-state index contributed by atoms with van der Waals surface area (Å²) in [6, 6.07) is 10.5. The number of hydrogen-bond acceptors (Lipinski definition) is 3. The highest BCUT2D eigenvalue weighted by Gasteiger charge is 2.42. The SMILES string of the molecule is CN=C(NCCN(C)c1ccccc1)N1CCC2(CCOC2)C1. The standard InChI is InChI=1S/C18H28N4O/c1-19-17(22-11-8-18(14-22)9-13-23-15-18)20-10-12-21(2)16-6-4-3-5-7-16/h3-7H,8-15H2,1-2H3,(H,19,20). The average molecular weight is 316 g/mol. The second-order valence-electron chi connectivity index (χ2n) is 6.71. The number of likely N-dealkylation sites (N-methyl/N-ethyl adjacent to an activating group) is 1. The van der Waals surface area contributed by atoms with Gasteiger partial charge in [-0.3, -0.25) is 4.99 Å². The van der Waals surface area contributed by atoms with Crippen LogP contribution in [0, 0.1) is 5.41 Å². The minimum Gasteiger partial charge on any atom is -0.381 e. The van der Waals surface area contributed by atoms with E-state index in [0.29, 0.717) is 5.41 Å². The first-order valence-corrected chi connectivity index (χ1v) is 8.52. The Hall–Kier alpha value is -1.75. The highest BCUT2D eigenvalue weighted by molar-refractivity contribution is 5.80. The quantitative estimate of drug-likeness (QED) is 0.679. The molecule has 1 atom stereocenters. The lowest BCUT2D eigenvalue weighted by atomic mass is 9.87. The summed E-state index contributed by atoms with van der Waals surface area (Å²) >= 11 is 0. The van der Waals surface area contributed by atoms with Crippen molar-refractivity contribution in [3.05, 3.63) is 30.3 Å². The number of guanidine groups is 1. The number of likely N-dealkylation sites (tertiary alicyclic amines) is 1. The molecule has 23 heavy (non-hydrogen) atoms. The summed E-state index contributed by atoms with van der Waals surface area (Å²) in [5.74, 6) is 1.02. The zero-order valence-electron chi connectivity index (χ0n) is 14.3. The number of rotatable bonds is 4. The van der Waals surface area contributed by atoms with Crippen LogP contribution in [0.4, 0.5) is 5.69 Å². The number of para-hydroxylation sites is 1. The molecule has 2 aliphatic rings. The predicted octanol–water partition coefficient (Wildman–Crippen LogP) is 1.81. The first-order valence-electron chi connectivity index (χ1n) is 8.52. The van der Waals surface area contributed by atoms with E-state index in [9.17, 15) is 0 Å². The van der Waals surface area contributed by atoms with Crippen molar-refractivity contribution in [2.45, 2.75) is 12.8 Å². The van der Waals surface area contributed by atoms with Gasteiger partial charge in [0, 0.05) is 58.0 Å². The molecule has 1 aromatic carbocycles. The molecule has 1 N–H and O–H groups in total. The van der Waals surface area contributed by atoms with Gasteiger partial charge in [-0.2, -0.15) is 0 Å². The van der Waals surface area contributed by atoms with E-state index < -0.39 is 0 Å². The molecule has 2 fully saturated rings. The largest absolute Gasteiger partial charge is 0.381 e. The van der Waals surface area contributed by atoms with Crippen molar-refractivity contribution >= 4 is 11.6 Å². The number of aliphatic imine (C=N–C) groups is 1. The van der Waals surface area contributed by atoms with E-state index in [1.807, 2.05) is 13.1 Å². The number of hydrogen-bond donors (Lipinski definition) is 1. The number of benzene rings is 1. The van der Waals surface area contributed by atoms with Gasteiger partial charge in [-0.25, -0.2) is 0 Å². The smallest absolute Gasteiger partial charge is 0.193 e. The molecule has 5 nitrogen and oxygen atoms in total. The van der Waals surface area contributed by atoms with Gasteiger partial charge in [-0.15, -0.1) is 0 Å². The summed E-state index contributed by atoms with van der Waals surface area (Å²) in [5, 5.41) is 3.51. The van der Waals surface area contributed by atoms with Gasteiger partial charge in [0.05, 0.1) is 6.61 Å². The summed E-state index contributed by atoms with van der Waals surface area (Å²) in [7, 11) is 4.00. The molecular weight excluding hydrogens is 288 g/mol. The van der Waals surface area contributed by atoms with Crippen molar-refractivity contribution in [2.24, 2.45) is 10.4 Å². The fourth-order valence-corrected chi connectivity index (χ4v) is 3.57. The van der Waals surface area contributed by atoms with Gasteiger partial charge in [0.25, 0.3) is 0 Å². The number of anilines is 1. The van der Waals surface area contributed by atoms with Crippen LogP contribution in [0.25, 0.3) is 0 Å². The van der Waals surface area contributed by atoms with E-state index in [1.165, 1.54) is 18.5 Å². The van der Waals surface area contributed by atoms with Crippen LogP contribution in [0.2, 0.25) is 0 Å². The molecule has 0 radical (unpaired) electrons. The fraction of sp³-hybridized carbons (Fsp3) is 0.611. The van der Waals surface area contributed by atoms with Gasteiger partial charge >= 0.3 is 0 Å². The third-order valence-electron chi connectivity index (χ3n) is 5.06. The monoisotopic (exact) mass is 316 g/mol. The van der Waals surface area contributed by atoms with Gasteiger partial charge in [0.1, 0.15) is 0 Å². The van der Waals surface area contributed by atoms with Crippen LogP contribution in [0.3, 0.4) is 0 Å². The Labute approximate surface area is 139 Å². The van der Waals surface area contributed by atoms with Gasteiger partial charge in [-0.05, 0) is 25.0 Å². The lowest BCUT2D eigenvalue weighted by Crippen LogP contribution is -2.43. The third kappa shape index (κ3) is 3.78. The maximum atomic E-state index is 5.61. The second-order valence-corrected chi connectivity index (χ2v) is 6.71. The minimum atomic E-state index is 0.373. The normalized spacial score (nSPS) is 24.4. The van der Waals surface area contributed by atoms with E-state index in [-0.39, 0.29) is 0 Å². The molecule has 0 aliphatic carbocycles. The van der Waals surface area contributed by atoms with Crippen LogP contribution in [-0.2, 0) is 4.74 Å². The van der Waals surface area contributed by atoms with Crippen LogP contribution in [0.15, 0.2) is 35.3 Å². The molecule has 3 rings (SSSR count). The van der Waals surface area contributed by atoms with Crippen LogP contribution in [0.5, 0.6) is 0 Å². The Kier molecular flexibility index (Phi) is 5.06. The van der Waals surface area contributed by atoms with E-state index in [0.717, 1.165) is 45.4 Å². The fourth-order valence-electron chi connectivity index (χ4n) is 3.57. The summed E-state index contributed by atoms with van der Waals surface area (Å²) in [6.45, 7) is 5.82. The van der Waals surface area contributed by atoms with E-state index in [4.69, 9.17) is 4.74 Å². The van der Waals surface area contributed by atoms with Crippen molar-refractivity contribution in [3.8, 4) is 0 Å². The topological polar surface area (TPSA) is 40.1 Å². The molecule has 2 heterocycles. The lowest BCUT2D eigenvalue weighted by molar-refractivity contribution is 0.156. The molecule has 126 valence electrons. The molecule has 1 spiro atoms. The van der Waals surface area contributed by atoms with Crippen LogP contribution in [-0.4, -0.2) is 64.3 Å². The number of nitrogens with one attached hydrogen (secondary N) is 1. The average Bonchev–Trinajstić information content (AvgIpc) is 3.22. The van der Waals surface area contributed by atoms with E-state index in [2.05, 4.69) is 51.4 Å². The first kappa shape index (κ1) is 16.1. The molecular formula is C18H28N4O. The molecule has 0 aromatic heterocycles. The summed E-state index contributed by atoms with van der Waals surface area (Å²) < 4.78 is 5.61. The van der Waals surface area contributed by atoms with Crippen molar-refractivity contribution in [1.82, 2.24) is 10.2 Å². The Morgan fingerprint density at radius 1 is 1.35 bits per heavy atom. The molecule has 1 unspecified atom stereocenters. The molecule has 5 heteroatoms. The summed E-state index contributed by atoms with van der Waals surface area (Å²) in [4.78, 5) is 9.11. The van der Waals surface area contributed by atoms with Gasteiger partial charge in [0.2, 0.25) is 0 Å². The minimum absolute atomic E-state index is 0.373. The number of ether oxygens (including phenoxy) is 1. The van der Waals surface area contributed by atoms with Crippen LogP contribution in [0.1, 0.15) is 12.8 Å². The van der Waals surface area contributed by atoms with Gasteiger partial charge < -0.3 is 19.9 Å². The summed E-state index contributed by atoms with van der Waals surface area (Å²) in [5.41, 5.74) is 1.62. The predicted molar refractivity (Wildman–Crippen MR) is 95.1 cm³/mol. The maximum absolute atomic E-state index is 5.61. The first-order chi connectivity index (χ1) is 11.2. The maximum Gasteiger partial charge on any atom is 0.193 e. The van der Waals surface area contributed by atoms with Crippen LogP contribution >= 0.6 is 0 Å². The number of nitrogens with zero attached hydrogens (tertiary/aromatic N) is 3. The highest BCUT2D eigenvalue weighted by atomic mass is 16.5.